The SMILES string of the molecule is CC(C(=O)NCCC1CCCCO1)C(N)=NO. The van der Waals surface area contributed by atoms with Crippen molar-refractivity contribution >= 4 is 11.7 Å². The third kappa shape index (κ3) is 4.60. The molecule has 2 atom stereocenters. The van der Waals surface area contributed by atoms with Crippen molar-refractivity contribution in [1.29, 1.82) is 0 Å². The van der Waals surface area contributed by atoms with Crippen LogP contribution in [-0.4, -0.2) is 36.2 Å². The van der Waals surface area contributed by atoms with Crippen molar-refractivity contribution in [3.05, 3.63) is 0 Å². The van der Waals surface area contributed by atoms with E-state index in [1.54, 1.807) is 6.92 Å². The Morgan fingerprint density at radius 1 is 1.65 bits per heavy atom. The van der Waals surface area contributed by atoms with E-state index in [0.717, 1.165) is 25.9 Å². The standard InChI is InChI=1S/C11H21N3O3/c1-8(10(12)14-16)11(15)13-6-5-9-4-2-3-7-17-9/h8-9,16H,2-7H2,1H3,(H2,12,14)(H,13,15). The van der Waals surface area contributed by atoms with Crippen LogP contribution in [-0.2, 0) is 9.53 Å². The maximum absolute atomic E-state index is 11.6. The van der Waals surface area contributed by atoms with E-state index >= 15 is 0 Å². The number of nitrogens with one attached hydrogen (secondary N) is 1. The number of hydrogen-bond donors (Lipinski definition) is 3. The molecule has 1 heterocycles. The fraction of sp³-hybridized carbons (Fsp3) is 0.818. The van der Waals surface area contributed by atoms with Crippen LogP contribution in [0.2, 0.25) is 0 Å². The molecule has 0 aromatic carbocycles. The summed E-state index contributed by atoms with van der Waals surface area (Å²) in [5.41, 5.74) is 5.35. The topological polar surface area (TPSA) is 96.9 Å². The summed E-state index contributed by atoms with van der Waals surface area (Å²) in [6.07, 6.45) is 4.45. The smallest absolute Gasteiger partial charge is 0.230 e. The molecule has 1 aliphatic heterocycles. The van der Waals surface area contributed by atoms with Gasteiger partial charge in [0.1, 0.15) is 0 Å². The molecule has 1 amide bonds. The Morgan fingerprint density at radius 2 is 2.41 bits per heavy atom. The normalized spacial score (nSPS) is 23.1. The van der Waals surface area contributed by atoms with E-state index in [1.807, 2.05) is 0 Å². The fourth-order valence-corrected chi connectivity index (χ4v) is 1.77. The van der Waals surface area contributed by atoms with E-state index in [4.69, 9.17) is 15.7 Å². The van der Waals surface area contributed by atoms with Gasteiger partial charge in [-0.05, 0) is 32.6 Å². The highest BCUT2D eigenvalue weighted by molar-refractivity contribution is 6.01. The van der Waals surface area contributed by atoms with Gasteiger partial charge in [-0.3, -0.25) is 4.79 Å². The van der Waals surface area contributed by atoms with Crippen LogP contribution in [0, 0.1) is 5.92 Å². The van der Waals surface area contributed by atoms with Gasteiger partial charge in [-0.25, -0.2) is 0 Å². The second-order valence-electron chi connectivity index (χ2n) is 4.31. The van der Waals surface area contributed by atoms with E-state index in [1.165, 1.54) is 6.42 Å². The Labute approximate surface area is 101 Å². The lowest BCUT2D eigenvalue weighted by molar-refractivity contribution is -0.122. The fourth-order valence-electron chi connectivity index (χ4n) is 1.77. The van der Waals surface area contributed by atoms with Crippen LogP contribution in [0.1, 0.15) is 32.6 Å². The molecule has 6 heteroatoms. The van der Waals surface area contributed by atoms with Gasteiger partial charge < -0.3 is 21.0 Å². The molecule has 4 N–H and O–H groups in total. The van der Waals surface area contributed by atoms with Crippen molar-refractivity contribution in [2.45, 2.75) is 38.7 Å². The van der Waals surface area contributed by atoms with Gasteiger partial charge in [0, 0.05) is 13.2 Å². The first-order chi connectivity index (χ1) is 8.15. The zero-order chi connectivity index (χ0) is 12.7. The predicted octanol–water partition coefficient (Wildman–Crippen LogP) is 0.444. The van der Waals surface area contributed by atoms with Gasteiger partial charge in [-0.2, -0.15) is 0 Å². The van der Waals surface area contributed by atoms with Crippen molar-refractivity contribution in [3.8, 4) is 0 Å². The molecule has 2 unspecified atom stereocenters. The summed E-state index contributed by atoms with van der Waals surface area (Å²) in [6, 6.07) is 0. The summed E-state index contributed by atoms with van der Waals surface area (Å²) < 4.78 is 5.55. The van der Waals surface area contributed by atoms with Crippen molar-refractivity contribution in [3.63, 3.8) is 0 Å². The maximum atomic E-state index is 11.6. The monoisotopic (exact) mass is 243 g/mol. The molecule has 0 spiro atoms. The van der Waals surface area contributed by atoms with Crippen LogP contribution < -0.4 is 11.1 Å². The largest absolute Gasteiger partial charge is 0.409 e. The summed E-state index contributed by atoms with van der Waals surface area (Å²) in [7, 11) is 0. The van der Waals surface area contributed by atoms with E-state index in [9.17, 15) is 4.79 Å². The molecule has 0 saturated carbocycles. The average Bonchev–Trinajstić information content (AvgIpc) is 2.38. The molecule has 1 aliphatic rings. The lowest BCUT2D eigenvalue weighted by Gasteiger charge is -2.22. The predicted molar refractivity (Wildman–Crippen MR) is 63.8 cm³/mol. The number of rotatable bonds is 5. The number of oxime groups is 1. The second-order valence-corrected chi connectivity index (χ2v) is 4.31. The van der Waals surface area contributed by atoms with E-state index in [0.29, 0.717) is 6.54 Å². The van der Waals surface area contributed by atoms with E-state index in [-0.39, 0.29) is 17.8 Å². The van der Waals surface area contributed by atoms with E-state index < -0.39 is 5.92 Å². The first kappa shape index (κ1) is 13.8. The van der Waals surface area contributed by atoms with Crippen molar-refractivity contribution in [2.75, 3.05) is 13.2 Å². The molecular weight excluding hydrogens is 222 g/mol. The molecule has 1 rings (SSSR count). The zero-order valence-corrected chi connectivity index (χ0v) is 10.2. The number of nitrogens with two attached hydrogens (primary N) is 1. The van der Waals surface area contributed by atoms with E-state index in [2.05, 4.69) is 10.5 Å². The molecule has 0 bridgehead atoms. The quantitative estimate of drug-likeness (QED) is 0.282. The number of carbonyl (C=O) groups excluding carboxylic acids is 1. The molecule has 0 aliphatic carbocycles. The number of nitrogens with zero attached hydrogens (tertiary/aromatic N) is 1. The van der Waals surface area contributed by atoms with Gasteiger partial charge >= 0.3 is 0 Å². The number of amidine groups is 1. The number of amides is 1. The Bertz CT molecular complexity index is 275. The Hall–Kier alpha value is -1.30. The number of ether oxygens (including phenoxy) is 1. The average molecular weight is 243 g/mol. The molecule has 1 saturated heterocycles. The zero-order valence-electron chi connectivity index (χ0n) is 10.2. The van der Waals surface area contributed by atoms with Crippen LogP contribution >= 0.6 is 0 Å². The highest BCUT2D eigenvalue weighted by Gasteiger charge is 2.18. The maximum Gasteiger partial charge on any atom is 0.230 e. The first-order valence-electron chi connectivity index (χ1n) is 6.02. The number of carbonyl (C=O) groups is 1. The van der Waals surface area contributed by atoms with Crippen LogP contribution in [0.4, 0.5) is 0 Å². The van der Waals surface area contributed by atoms with Gasteiger partial charge in [0.2, 0.25) is 5.91 Å². The lowest BCUT2D eigenvalue weighted by Crippen LogP contribution is -2.38. The molecule has 0 aromatic rings. The molecule has 17 heavy (non-hydrogen) atoms. The highest BCUT2D eigenvalue weighted by Crippen LogP contribution is 2.14. The minimum absolute atomic E-state index is 0.0728. The van der Waals surface area contributed by atoms with Gasteiger partial charge in [-0.1, -0.05) is 5.16 Å². The summed E-state index contributed by atoms with van der Waals surface area (Å²) in [5.74, 6) is -0.903. The third-order valence-corrected chi connectivity index (χ3v) is 2.99. The molecule has 6 nitrogen and oxygen atoms in total. The number of hydrogen-bond acceptors (Lipinski definition) is 4. The molecule has 98 valence electrons. The van der Waals surface area contributed by atoms with Gasteiger partial charge in [0.05, 0.1) is 12.0 Å². The minimum atomic E-state index is -0.604. The molecule has 1 fully saturated rings. The Balaban J connectivity index is 2.19. The van der Waals surface area contributed by atoms with Crippen molar-refractivity contribution in [2.24, 2.45) is 16.8 Å². The third-order valence-electron chi connectivity index (χ3n) is 2.99. The molecule has 0 radical (unpaired) electrons. The summed E-state index contributed by atoms with van der Waals surface area (Å²) >= 11 is 0. The second kappa shape index (κ2) is 7.11. The summed E-state index contributed by atoms with van der Waals surface area (Å²) in [4.78, 5) is 11.6. The Morgan fingerprint density at radius 3 is 3.00 bits per heavy atom. The van der Waals surface area contributed by atoms with Crippen molar-refractivity contribution in [1.82, 2.24) is 5.32 Å². The first-order valence-corrected chi connectivity index (χ1v) is 6.02. The molecule has 0 aromatic heterocycles. The van der Waals surface area contributed by atoms with Gasteiger partial charge in [0.15, 0.2) is 5.84 Å². The van der Waals surface area contributed by atoms with Gasteiger partial charge in [0.25, 0.3) is 0 Å². The molecular formula is C11H21N3O3. The van der Waals surface area contributed by atoms with Crippen LogP contribution in [0.15, 0.2) is 5.16 Å². The minimum Gasteiger partial charge on any atom is -0.409 e. The van der Waals surface area contributed by atoms with Gasteiger partial charge in [-0.15, -0.1) is 0 Å². The summed E-state index contributed by atoms with van der Waals surface area (Å²) in [6.45, 7) is 2.98. The highest BCUT2D eigenvalue weighted by atomic mass is 16.5. The van der Waals surface area contributed by atoms with Crippen molar-refractivity contribution < 1.29 is 14.7 Å². The van der Waals surface area contributed by atoms with Crippen LogP contribution in [0.3, 0.4) is 0 Å². The lowest BCUT2D eigenvalue weighted by atomic mass is 10.1. The Kier molecular flexibility index (Phi) is 5.76. The van der Waals surface area contributed by atoms with Crippen LogP contribution in [0.5, 0.6) is 0 Å². The summed E-state index contributed by atoms with van der Waals surface area (Å²) in [5, 5.41) is 14.0. The van der Waals surface area contributed by atoms with Crippen LogP contribution in [0.25, 0.3) is 0 Å².